The second-order valence-electron chi connectivity index (χ2n) is 5.94. The molecule has 0 aliphatic carbocycles. The lowest BCUT2D eigenvalue weighted by Gasteiger charge is -2.29. The highest BCUT2D eigenvalue weighted by Crippen LogP contribution is 2.36. The van der Waals surface area contributed by atoms with Gasteiger partial charge in [-0.1, -0.05) is 6.07 Å². The van der Waals surface area contributed by atoms with Crippen molar-refractivity contribution in [3.8, 4) is 17.2 Å². The van der Waals surface area contributed by atoms with Gasteiger partial charge in [0, 0.05) is 6.07 Å². The summed E-state index contributed by atoms with van der Waals surface area (Å²) in [6, 6.07) is 9.95. The summed E-state index contributed by atoms with van der Waals surface area (Å²) < 4.78 is 11.0. The molecule has 1 fully saturated rings. The molecule has 9 heteroatoms. The Kier molecular flexibility index (Phi) is 6.19. The van der Waals surface area contributed by atoms with E-state index in [-0.39, 0.29) is 22.2 Å². The molecule has 0 saturated carbocycles. The molecule has 0 bridgehead atoms. The maximum atomic E-state index is 13.1. The standard InChI is InChI=1S/C20H17BrN2O5S/c1-3-28-13-6-4-5-12(10-13)23-19(26)14(18(25)22-20(23)29)7-11-8-15(21)17(24)16(9-11)27-2/h4-10,24H,3H2,1-2H3,(H,22,25,29). The summed E-state index contributed by atoms with van der Waals surface area (Å²) in [6.07, 6.45) is 1.41. The van der Waals surface area contributed by atoms with Crippen LogP contribution in [-0.4, -0.2) is 35.8 Å². The van der Waals surface area contributed by atoms with Gasteiger partial charge in [0.25, 0.3) is 11.8 Å². The molecule has 29 heavy (non-hydrogen) atoms. The van der Waals surface area contributed by atoms with Gasteiger partial charge in [0.15, 0.2) is 16.6 Å². The smallest absolute Gasteiger partial charge is 0.270 e. The molecule has 0 unspecified atom stereocenters. The topological polar surface area (TPSA) is 88.1 Å². The highest BCUT2D eigenvalue weighted by molar-refractivity contribution is 9.10. The fourth-order valence-electron chi connectivity index (χ4n) is 2.77. The third-order valence-corrected chi connectivity index (χ3v) is 4.96. The van der Waals surface area contributed by atoms with Gasteiger partial charge in [-0.2, -0.15) is 0 Å². The van der Waals surface area contributed by atoms with Crippen LogP contribution in [0.15, 0.2) is 46.4 Å². The van der Waals surface area contributed by atoms with Crippen LogP contribution in [0.5, 0.6) is 17.2 Å². The Morgan fingerprint density at radius 2 is 2.03 bits per heavy atom. The molecule has 2 amide bonds. The van der Waals surface area contributed by atoms with E-state index in [2.05, 4.69) is 21.2 Å². The second kappa shape index (κ2) is 8.62. The summed E-state index contributed by atoms with van der Waals surface area (Å²) in [4.78, 5) is 26.8. The van der Waals surface area contributed by atoms with Crippen LogP contribution in [0.4, 0.5) is 5.69 Å². The molecular formula is C20H17BrN2O5S. The average Bonchev–Trinajstić information content (AvgIpc) is 2.68. The number of methoxy groups -OCH3 is 1. The van der Waals surface area contributed by atoms with Crippen LogP contribution in [0.1, 0.15) is 12.5 Å². The first-order chi connectivity index (χ1) is 13.8. The highest BCUT2D eigenvalue weighted by Gasteiger charge is 2.34. The summed E-state index contributed by atoms with van der Waals surface area (Å²) in [7, 11) is 1.41. The normalized spacial score (nSPS) is 15.5. The zero-order valence-corrected chi connectivity index (χ0v) is 18.0. The van der Waals surface area contributed by atoms with Crippen LogP contribution < -0.4 is 19.7 Å². The van der Waals surface area contributed by atoms with E-state index < -0.39 is 11.8 Å². The predicted molar refractivity (Wildman–Crippen MR) is 116 cm³/mol. The summed E-state index contributed by atoms with van der Waals surface area (Å²) in [5, 5.41) is 12.5. The largest absolute Gasteiger partial charge is 0.503 e. The van der Waals surface area contributed by atoms with Crippen LogP contribution in [0.25, 0.3) is 6.08 Å². The van der Waals surface area contributed by atoms with Gasteiger partial charge in [-0.25, -0.2) is 0 Å². The van der Waals surface area contributed by atoms with Crippen molar-refractivity contribution in [3.63, 3.8) is 0 Å². The molecule has 1 heterocycles. The SMILES string of the molecule is CCOc1cccc(N2C(=O)C(=Cc3cc(Br)c(O)c(OC)c3)C(=O)NC2=S)c1. The van der Waals surface area contributed by atoms with Gasteiger partial charge in [-0.15, -0.1) is 0 Å². The Balaban J connectivity index is 2.02. The highest BCUT2D eigenvalue weighted by atomic mass is 79.9. The summed E-state index contributed by atoms with van der Waals surface area (Å²) in [5.74, 6) is -0.484. The molecule has 1 saturated heterocycles. The van der Waals surface area contributed by atoms with E-state index in [9.17, 15) is 14.7 Å². The first kappa shape index (κ1) is 20.8. The maximum absolute atomic E-state index is 13.1. The number of phenolic OH excluding ortho intramolecular Hbond substituents is 1. The molecule has 7 nitrogen and oxygen atoms in total. The lowest BCUT2D eigenvalue weighted by Crippen LogP contribution is -2.54. The summed E-state index contributed by atoms with van der Waals surface area (Å²) >= 11 is 8.43. The van der Waals surface area contributed by atoms with Crippen molar-refractivity contribution >= 4 is 56.8 Å². The van der Waals surface area contributed by atoms with Crippen molar-refractivity contribution < 1.29 is 24.2 Å². The van der Waals surface area contributed by atoms with Gasteiger partial charge in [-0.3, -0.25) is 19.8 Å². The number of nitrogens with zero attached hydrogens (tertiary/aromatic N) is 1. The maximum Gasteiger partial charge on any atom is 0.270 e. The number of nitrogens with one attached hydrogen (secondary N) is 1. The van der Waals surface area contributed by atoms with Gasteiger partial charge in [0.05, 0.1) is 23.9 Å². The molecule has 2 N–H and O–H groups in total. The monoisotopic (exact) mass is 476 g/mol. The molecule has 1 aliphatic rings. The molecule has 150 valence electrons. The van der Waals surface area contributed by atoms with E-state index in [1.165, 1.54) is 24.2 Å². The number of phenols is 1. The number of carbonyl (C=O) groups is 2. The van der Waals surface area contributed by atoms with E-state index in [1.807, 2.05) is 6.92 Å². The Labute approximate surface area is 181 Å². The van der Waals surface area contributed by atoms with Crippen molar-refractivity contribution in [1.29, 1.82) is 0 Å². The molecule has 1 aliphatic heterocycles. The van der Waals surface area contributed by atoms with Crippen molar-refractivity contribution in [2.45, 2.75) is 6.92 Å². The molecule has 0 atom stereocenters. The van der Waals surface area contributed by atoms with Gasteiger partial charge >= 0.3 is 0 Å². The molecule has 0 spiro atoms. The van der Waals surface area contributed by atoms with Crippen molar-refractivity contribution in [3.05, 3.63) is 52.0 Å². The second-order valence-corrected chi connectivity index (χ2v) is 7.18. The van der Waals surface area contributed by atoms with Crippen LogP contribution in [0.2, 0.25) is 0 Å². The van der Waals surface area contributed by atoms with Crippen LogP contribution >= 0.6 is 28.1 Å². The number of halogens is 1. The summed E-state index contributed by atoms with van der Waals surface area (Å²) in [6.45, 7) is 2.33. The van der Waals surface area contributed by atoms with Gasteiger partial charge in [0.1, 0.15) is 11.3 Å². The van der Waals surface area contributed by atoms with Crippen molar-refractivity contribution in [2.75, 3.05) is 18.6 Å². The number of thiocarbonyl (C=S) groups is 1. The number of hydrogen-bond acceptors (Lipinski definition) is 6. The first-order valence-corrected chi connectivity index (χ1v) is 9.76. The summed E-state index contributed by atoms with van der Waals surface area (Å²) in [5.41, 5.74) is 0.849. The number of hydrogen-bond donors (Lipinski definition) is 2. The van der Waals surface area contributed by atoms with Crippen LogP contribution in [0, 0.1) is 0 Å². The Bertz CT molecular complexity index is 1040. The Morgan fingerprint density at radius 3 is 2.72 bits per heavy atom. The van der Waals surface area contributed by atoms with Gasteiger partial charge < -0.3 is 14.6 Å². The van der Waals surface area contributed by atoms with Crippen molar-refractivity contribution in [1.82, 2.24) is 5.32 Å². The lowest BCUT2D eigenvalue weighted by molar-refractivity contribution is -0.122. The number of benzene rings is 2. The third-order valence-electron chi connectivity index (χ3n) is 4.07. The Morgan fingerprint density at radius 1 is 1.28 bits per heavy atom. The third kappa shape index (κ3) is 4.25. The minimum Gasteiger partial charge on any atom is -0.503 e. The first-order valence-electron chi connectivity index (χ1n) is 8.56. The number of rotatable bonds is 5. The zero-order valence-electron chi connectivity index (χ0n) is 15.6. The van der Waals surface area contributed by atoms with Gasteiger partial charge in [0.2, 0.25) is 0 Å². The fourth-order valence-corrected chi connectivity index (χ4v) is 3.51. The van der Waals surface area contributed by atoms with E-state index in [1.54, 1.807) is 30.3 Å². The lowest BCUT2D eigenvalue weighted by atomic mass is 10.1. The minimum absolute atomic E-state index is 0.0183. The molecule has 0 aromatic heterocycles. The van der Waals surface area contributed by atoms with Crippen molar-refractivity contribution in [2.24, 2.45) is 0 Å². The number of amides is 2. The molecule has 3 rings (SSSR count). The fraction of sp³-hybridized carbons (Fsp3) is 0.150. The minimum atomic E-state index is -0.611. The molecule has 2 aromatic carbocycles. The van der Waals surface area contributed by atoms with E-state index in [0.29, 0.717) is 28.1 Å². The van der Waals surface area contributed by atoms with E-state index >= 15 is 0 Å². The van der Waals surface area contributed by atoms with Crippen LogP contribution in [-0.2, 0) is 9.59 Å². The zero-order chi connectivity index (χ0) is 21.1. The molecule has 2 aromatic rings. The predicted octanol–water partition coefficient (Wildman–Crippen LogP) is 3.39. The number of anilines is 1. The quantitative estimate of drug-likeness (QED) is 0.390. The van der Waals surface area contributed by atoms with Gasteiger partial charge in [-0.05, 0) is 71.0 Å². The molecule has 0 radical (unpaired) electrons. The number of carbonyl (C=O) groups excluding carboxylic acids is 2. The van der Waals surface area contributed by atoms with E-state index in [0.717, 1.165) is 0 Å². The van der Waals surface area contributed by atoms with Crippen LogP contribution in [0.3, 0.4) is 0 Å². The van der Waals surface area contributed by atoms with E-state index in [4.69, 9.17) is 21.7 Å². The Hall–Kier alpha value is -2.91. The number of aromatic hydroxyl groups is 1. The number of ether oxygens (including phenoxy) is 2. The molecular weight excluding hydrogens is 460 g/mol. The average molecular weight is 477 g/mol.